The van der Waals surface area contributed by atoms with E-state index in [1.807, 2.05) is 0 Å². The average molecular weight is 322 g/mol. The fourth-order valence-corrected chi connectivity index (χ4v) is 4.13. The van der Waals surface area contributed by atoms with Crippen molar-refractivity contribution < 1.29 is 0 Å². The Kier molecular flexibility index (Phi) is 8.45. The van der Waals surface area contributed by atoms with Crippen molar-refractivity contribution in [1.29, 1.82) is 0 Å². The number of hydrogen-bond donors (Lipinski definition) is 0. The zero-order chi connectivity index (χ0) is 16.2. The second-order valence-electron chi connectivity index (χ2n) is 5.75. The highest BCUT2D eigenvalue weighted by Gasteiger charge is 2.00. The highest BCUT2D eigenvalue weighted by atomic mass is 31.1. The number of rotatable bonds is 9. The van der Waals surface area contributed by atoms with Crippen LogP contribution >= 0.6 is 7.92 Å². The van der Waals surface area contributed by atoms with Gasteiger partial charge in [0, 0.05) is 0 Å². The minimum atomic E-state index is -0.186. The molecule has 0 saturated heterocycles. The molecule has 0 fully saturated rings. The molecule has 0 aliphatic heterocycles. The molecule has 0 aliphatic carbocycles. The van der Waals surface area contributed by atoms with Crippen molar-refractivity contribution in [1.82, 2.24) is 0 Å². The zero-order valence-electron chi connectivity index (χ0n) is 14.1. The van der Waals surface area contributed by atoms with Crippen LogP contribution in [-0.2, 0) is 0 Å². The van der Waals surface area contributed by atoms with Crippen LogP contribution < -0.4 is 0 Å². The van der Waals surface area contributed by atoms with Crippen LogP contribution in [0.4, 0.5) is 0 Å². The van der Waals surface area contributed by atoms with E-state index in [1.165, 1.54) is 43.0 Å². The Bertz CT molecular complexity index is 534. The lowest BCUT2D eigenvalue weighted by Gasteiger charge is -2.08. The van der Waals surface area contributed by atoms with Crippen LogP contribution in [0.5, 0.6) is 0 Å². The maximum absolute atomic E-state index is 2.41. The summed E-state index contributed by atoms with van der Waals surface area (Å²) in [5.74, 6) is 4.83. The molecule has 0 saturated carbocycles. The molecule has 2 aromatic carbocycles. The summed E-state index contributed by atoms with van der Waals surface area (Å²) in [6, 6.07) is 21.2. The van der Waals surface area contributed by atoms with Crippen molar-refractivity contribution in [2.24, 2.45) is 0 Å². The summed E-state index contributed by atoms with van der Waals surface area (Å²) in [6.45, 7) is 2.27. The maximum atomic E-state index is 2.41. The van der Waals surface area contributed by atoms with Crippen LogP contribution in [0, 0.1) is 0 Å². The lowest BCUT2D eigenvalue weighted by Crippen LogP contribution is -1.82. The molecule has 0 radical (unpaired) electrons. The highest BCUT2D eigenvalue weighted by Crippen LogP contribution is 2.41. The summed E-state index contributed by atoms with van der Waals surface area (Å²) in [5, 5.41) is 0. The van der Waals surface area contributed by atoms with Gasteiger partial charge in [0.1, 0.15) is 0 Å². The Hall–Kier alpha value is -1.65. The molecule has 0 aromatic heterocycles. The van der Waals surface area contributed by atoms with Gasteiger partial charge in [0.15, 0.2) is 0 Å². The fraction of sp³-hybridized carbons (Fsp3) is 0.273. The molecule has 0 heterocycles. The van der Waals surface area contributed by atoms with E-state index in [1.54, 1.807) is 0 Å². The minimum absolute atomic E-state index is 0.186. The summed E-state index contributed by atoms with van der Waals surface area (Å²) < 4.78 is 0. The molecule has 23 heavy (non-hydrogen) atoms. The summed E-state index contributed by atoms with van der Waals surface area (Å²) in [5.41, 5.74) is 2.59. The van der Waals surface area contributed by atoms with Crippen LogP contribution in [0.1, 0.15) is 43.7 Å². The van der Waals surface area contributed by atoms with Gasteiger partial charge in [-0.2, -0.15) is 0 Å². The second-order valence-corrected chi connectivity index (χ2v) is 7.82. The topological polar surface area (TPSA) is 0 Å². The predicted molar refractivity (Wildman–Crippen MR) is 107 cm³/mol. The van der Waals surface area contributed by atoms with Gasteiger partial charge in [0.05, 0.1) is 0 Å². The zero-order valence-corrected chi connectivity index (χ0v) is 15.0. The summed E-state index contributed by atoms with van der Waals surface area (Å²) in [4.78, 5) is 0. The van der Waals surface area contributed by atoms with Gasteiger partial charge < -0.3 is 0 Å². The quantitative estimate of drug-likeness (QED) is 0.333. The number of hydrogen-bond acceptors (Lipinski definition) is 0. The van der Waals surface area contributed by atoms with Crippen molar-refractivity contribution in [2.45, 2.75) is 32.6 Å². The molecule has 0 atom stereocenters. The molecular formula is C22H27P. The molecule has 0 amide bonds. The van der Waals surface area contributed by atoms with Crippen molar-refractivity contribution in [3.63, 3.8) is 0 Å². The third-order valence-electron chi connectivity index (χ3n) is 3.79. The van der Waals surface area contributed by atoms with Crippen molar-refractivity contribution in [3.8, 4) is 0 Å². The molecule has 120 valence electrons. The summed E-state index contributed by atoms with van der Waals surface area (Å²) >= 11 is 0. The van der Waals surface area contributed by atoms with Gasteiger partial charge in [-0.1, -0.05) is 119 Å². The third kappa shape index (κ3) is 7.44. The SMILES string of the molecule is CCCCCCP(/C=C/c1ccccc1)/C=C/c1ccccc1. The van der Waals surface area contributed by atoms with Gasteiger partial charge in [0.2, 0.25) is 0 Å². The predicted octanol–water partition coefficient (Wildman–Crippen LogP) is 7.39. The Labute approximate surface area is 142 Å². The van der Waals surface area contributed by atoms with E-state index in [0.29, 0.717) is 0 Å². The third-order valence-corrected chi connectivity index (χ3v) is 5.68. The maximum Gasteiger partial charge on any atom is -0.0256 e. The van der Waals surface area contributed by atoms with Crippen molar-refractivity contribution >= 4 is 20.1 Å². The van der Waals surface area contributed by atoms with E-state index in [0.717, 1.165) is 0 Å². The molecular weight excluding hydrogens is 295 g/mol. The van der Waals surface area contributed by atoms with Crippen LogP contribution in [-0.4, -0.2) is 6.16 Å². The molecule has 0 aliphatic rings. The van der Waals surface area contributed by atoms with E-state index in [9.17, 15) is 0 Å². The Morgan fingerprint density at radius 3 is 1.70 bits per heavy atom. The second kappa shape index (κ2) is 11.0. The van der Waals surface area contributed by atoms with E-state index >= 15 is 0 Å². The smallest absolute Gasteiger partial charge is 0.0256 e. The van der Waals surface area contributed by atoms with E-state index in [2.05, 4.69) is 91.4 Å². The Morgan fingerprint density at radius 1 is 0.696 bits per heavy atom. The van der Waals surface area contributed by atoms with Crippen molar-refractivity contribution in [2.75, 3.05) is 6.16 Å². The first-order valence-corrected chi connectivity index (χ1v) is 10.3. The van der Waals surface area contributed by atoms with E-state index in [4.69, 9.17) is 0 Å². The Morgan fingerprint density at radius 2 is 1.22 bits per heavy atom. The lowest BCUT2D eigenvalue weighted by molar-refractivity contribution is 0.705. The first-order valence-electron chi connectivity index (χ1n) is 8.61. The van der Waals surface area contributed by atoms with Gasteiger partial charge in [0.25, 0.3) is 0 Å². The Balaban J connectivity index is 1.99. The van der Waals surface area contributed by atoms with Crippen LogP contribution in [0.2, 0.25) is 0 Å². The largest absolute Gasteiger partial charge is 0.0654 e. The first kappa shape index (κ1) is 17.7. The van der Waals surface area contributed by atoms with Gasteiger partial charge in [-0.15, -0.1) is 0 Å². The normalized spacial score (nSPS) is 11.7. The molecule has 0 N–H and O–H groups in total. The fourth-order valence-electron chi connectivity index (χ4n) is 2.41. The van der Waals surface area contributed by atoms with Gasteiger partial charge in [-0.25, -0.2) is 0 Å². The standard InChI is InChI=1S/C22H27P/c1-2-3-4-11-18-23(19-16-21-12-7-5-8-13-21)20-17-22-14-9-6-10-15-22/h5-10,12-17,19-20H,2-4,11,18H2,1H3/b19-16+,20-17+. The molecule has 0 bridgehead atoms. The number of benzene rings is 2. The molecule has 0 unspecified atom stereocenters. The van der Waals surface area contributed by atoms with Gasteiger partial charge in [-0.05, 0) is 23.7 Å². The van der Waals surface area contributed by atoms with Gasteiger partial charge in [-0.3, -0.25) is 0 Å². The molecule has 0 nitrogen and oxygen atoms in total. The van der Waals surface area contributed by atoms with Crippen LogP contribution in [0.25, 0.3) is 12.2 Å². The molecule has 1 heteroatoms. The number of unbranched alkanes of at least 4 members (excludes halogenated alkanes) is 3. The van der Waals surface area contributed by atoms with Crippen LogP contribution in [0.3, 0.4) is 0 Å². The molecule has 2 rings (SSSR count). The first-order chi connectivity index (χ1) is 11.4. The lowest BCUT2D eigenvalue weighted by atomic mass is 10.2. The van der Waals surface area contributed by atoms with Gasteiger partial charge >= 0.3 is 0 Å². The van der Waals surface area contributed by atoms with Crippen molar-refractivity contribution in [3.05, 3.63) is 83.4 Å². The molecule has 0 spiro atoms. The van der Waals surface area contributed by atoms with E-state index < -0.39 is 0 Å². The van der Waals surface area contributed by atoms with Crippen LogP contribution in [0.15, 0.2) is 72.3 Å². The molecule has 2 aromatic rings. The minimum Gasteiger partial charge on any atom is -0.0654 e. The monoisotopic (exact) mass is 322 g/mol. The highest BCUT2D eigenvalue weighted by molar-refractivity contribution is 7.64. The van der Waals surface area contributed by atoms with E-state index in [-0.39, 0.29) is 7.92 Å². The average Bonchev–Trinajstić information content (AvgIpc) is 2.62. The summed E-state index contributed by atoms with van der Waals surface area (Å²) in [6.07, 6.45) is 11.2. The summed E-state index contributed by atoms with van der Waals surface area (Å²) in [7, 11) is -0.186.